The summed E-state index contributed by atoms with van der Waals surface area (Å²) in [7, 11) is -3.58. The molecule has 19 heavy (non-hydrogen) atoms. The molecule has 0 saturated heterocycles. The Bertz CT molecular complexity index is 555. The molecule has 1 aromatic carbocycles. The van der Waals surface area contributed by atoms with E-state index < -0.39 is 10.0 Å². The molecule has 1 amide bonds. The molecule has 0 saturated carbocycles. The van der Waals surface area contributed by atoms with Crippen LogP contribution in [0.5, 0.6) is 0 Å². The number of sulfonamides is 1. The Morgan fingerprint density at radius 2 is 2.00 bits per heavy atom. The molecule has 0 aliphatic carbocycles. The summed E-state index contributed by atoms with van der Waals surface area (Å²) in [6, 6.07) is 5.09. The fourth-order valence-electron chi connectivity index (χ4n) is 1.56. The quantitative estimate of drug-likeness (QED) is 0.634. The van der Waals surface area contributed by atoms with Crippen LogP contribution in [0.3, 0.4) is 0 Å². The Morgan fingerprint density at radius 1 is 1.32 bits per heavy atom. The van der Waals surface area contributed by atoms with Crippen LogP contribution < -0.4 is 15.8 Å². The van der Waals surface area contributed by atoms with Crippen LogP contribution in [0.25, 0.3) is 0 Å². The van der Waals surface area contributed by atoms with Crippen LogP contribution in [-0.2, 0) is 21.4 Å². The van der Waals surface area contributed by atoms with Gasteiger partial charge in [0.25, 0.3) is 0 Å². The number of hydrogen-bond donors (Lipinski definition) is 3. The third-order valence-electron chi connectivity index (χ3n) is 2.57. The maximum absolute atomic E-state index is 12.1. The monoisotopic (exact) mass is 285 g/mol. The first-order valence-electron chi connectivity index (χ1n) is 5.90. The molecule has 1 aromatic rings. The summed E-state index contributed by atoms with van der Waals surface area (Å²) in [5, 5.41) is 2.52. The Balaban J connectivity index is 2.79. The smallest absolute Gasteiger partial charge is 0.240 e. The highest BCUT2D eigenvalue weighted by Crippen LogP contribution is 2.16. The third kappa shape index (κ3) is 4.62. The lowest BCUT2D eigenvalue weighted by molar-refractivity contribution is -0.118. The molecule has 0 spiro atoms. The van der Waals surface area contributed by atoms with Crippen molar-refractivity contribution in [1.82, 2.24) is 10.0 Å². The predicted octanol–water partition coefficient (Wildman–Crippen LogP) is -0.132. The highest BCUT2D eigenvalue weighted by molar-refractivity contribution is 7.89. The second kappa shape index (κ2) is 6.65. The number of hydrogen-bond acceptors (Lipinski definition) is 4. The first-order valence-corrected chi connectivity index (χ1v) is 7.39. The molecule has 6 nitrogen and oxygen atoms in total. The van der Waals surface area contributed by atoms with E-state index in [0.29, 0.717) is 5.56 Å². The summed E-state index contributed by atoms with van der Waals surface area (Å²) in [4.78, 5) is 10.9. The average molecular weight is 285 g/mol. The van der Waals surface area contributed by atoms with Crippen molar-refractivity contribution in [3.05, 3.63) is 29.3 Å². The lowest BCUT2D eigenvalue weighted by Crippen LogP contribution is -2.34. The van der Waals surface area contributed by atoms with Gasteiger partial charge in [0.1, 0.15) is 0 Å². The zero-order valence-corrected chi connectivity index (χ0v) is 11.9. The van der Waals surface area contributed by atoms with Crippen LogP contribution >= 0.6 is 0 Å². The van der Waals surface area contributed by atoms with Gasteiger partial charge in [-0.05, 0) is 24.1 Å². The first kappa shape index (κ1) is 15.6. The fourth-order valence-corrected chi connectivity index (χ4v) is 2.89. The predicted molar refractivity (Wildman–Crippen MR) is 72.9 cm³/mol. The molecular weight excluding hydrogens is 266 g/mol. The molecule has 0 atom stereocenters. The van der Waals surface area contributed by atoms with Crippen molar-refractivity contribution in [3.63, 3.8) is 0 Å². The van der Waals surface area contributed by atoms with Gasteiger partial charge in [-0.1, -0.05) is 12.1 Å². The number of benzene rings is 1. The van der Waals surface area contributed by atoms with Crippen LogP contribution in [0, 0.1) is 6.92 Å². The number of carbonyl (C=O) groups is 1. The van der Waals surface area contributed by atoms with E-state index in [2.05, 4.69) is 10.0 Å². The molecule has 106 valence electrons. The minimum absolute atomic E-state index is 0.147. The van der Waals surface area contributed by atoms with Crippen LogP contribution in [0.2, 0.25) is 0 Å². The minimum Gasteiger partial charge on any atom is -0.355 e. The van der Waals surface area contributed by atoms with Gasteiger partial charge in [-0.2, -0.15) is 0 Å². The number of amides is 1. The molecular formula is C12H19N3O3S. The van der Waals surface area contributed by atoms with E-state index in [-0.39, 0.29) is 30.4 Å². The van der Waals surface area contributed by atoms with Gasteiger partial charge in [0.15, 0.2) is 0 Å². The highest BCUT2D eigenvalue weighted by Gasteiger charge is 2.16. The average Bonchev–Trinajstić information content (AvgIpc) is 2.35. The fraction of sp³-hybridized carbons (Fsp3) is 0.417. The lowest BCUT2D eigenvalue weighted by Gasteiger charge is -2.10. The standard InChI is InChI=1S/C12H19N3O3S/c1-9-3-4-11(8-13)7-12(9)19(17,18)15-6-5-14-10(2)16/h3-4,7,15H,5-6,8,13H2,1-2H3,(H,14,16). The lowest BCUT2D eigenvalue weighted by atomic mass is 10.1. The maximum Gasteiger partial charge on any atom is 0.240 e. The van der Waals surface area contributed by atoms with Crippen molar-refractivity contribution < 1.29 is 13.2 Å². The van der Waals surface area contributed by atoms with E-state index in [9.17, 15) is 13.2 Å². The van der Waals surface area contributed by atoms with E-state index in [1.807, 2.05) is 0 Å². The van der Waals surface area contributed by atoms with Gasteiger partial charge in [-0.25, -0.2) is 13.1 Å². The molecule has 0 aliphatic rings. The van der Waals surface area contributed by atoms with Gasteiger partial charge in [0, 0.05) is 26.6 Å². The van der Waals surface area contributed by atoms with Gasteiger partial charge in [0.05, 0.1) is 4.90 Å². The van der Waals surface area contributed by atoms with Crippen molar-refractivity contribution in [2.45, 2.75) is 25.3 Å². The maximum atomic E-state index is 12.1. The van der Waals surface area contributed by atoms with Crippen molar-refractivity contribution in [1.29, 1.82) is 0 Å². The van der Waals surface area contributed by atoms with E-state index >= 15 is 0 Å². The summed E-state index contributed by atoms with van der Waals surface area (Å²) in [6.45, 7) is 3.79. The van der Waals surface area contributed by atoms with Crippen LogP contribution in [0.4, 0.5) is 0 Å². The summed E-state index contributed by atoms with van der Waals surface area (Å²) >= 11 is 0. The minimum atomic E-state index is -3.58. The summed E-state index contributed by atoms with van der Waals surface area (Å²) in [6.07, 6.45) is 0. The number of carbonyl (C=O) groups excluding carboxylic acids is 1. The van der Waals surface area contributed by atoms with E-state index in [4.69, 9.17) is 5.73 Å². The Hall–Kier alpha value is -1.44. The first-order chi connectivity index (χ1) is 8.86. The van der Waals surface area contributed by atoms with Crippen LogP contribution in [-0.4, -0.2) is 27.4 Å². The highest BCUT2D eigenvalue weighted by atomic mass is 32.2. The van der Waals surface area contributed by atoms with Crippen LogP contribution in [0.1, 0.15) is 18.1 Å². The molecule has 0 radical (unpaired) electrons. The largest absolute Gasteiger partial charge is 0.355 e. The zero-order chi connectivity index (χ0) is 14.5. The van der Waals surface area contributed by atoms with Gasteiger partial charge < -0.3 is 11.1 Å². The summed E-state index contributed by atoms with van der Waals surface area (Å²) in [5.74, 6) is -0.194. The van der Waals surface area contributed by atoms with Crippen molar-refractivity contribution in [3.8, 4) is 0 Å². The van der Waals surface area contributed by atoms with Gasteiger partial charge in [-0.3, -0.25) is 4.79 Å². The van der Waals surface area contributed by atoms with Crippen LogP contribution in [0.15, 0.2) is 23.1 Å². The zero-order valence-electron chi connectivity index (χ0n) is 11.1. The van der Waals surface area contributed by atoms with Crippen molar-refractivity contribution in [2.75, 3.05) is 13.1 Å². The molecule has 1 rings (SSSR count). The molecule has 0 heterocycles. The van der Waals surface area contributed by atoms with E-state index in [1.165, 1.54) is 6.92 Å². The number of nitrogens with one attached hydrogen (secondary N) is 2. The SMILES string of the molecule is CC(=O)NCCNS(=O)(=O)c1cc(CN)ccc1C. The van der Waals surface area contributed by atoms with Gasteiger partial charge in [0.2, 0.25) is 15.9 Å². The van der Waals surface area contributed by atoms with Gasteiger partial charge >= 0.3 is 0 Å². The van der Waals surface area contributed by atoms with Crippen molar-refractivity contribution >= 4 is 15.9 Å². The second-order valence-corrected chi connectivity index (χ2v) is 5.92. The molecule has 0 fully saturated rings. The Kier molecular flexibility index (Phi) is 5.46. The van der Waals surface area contributed by atoms with E-state index in [0.717, 1.165) is 5.56 Å². The second-order valence-electron chi connectivity index (χ2n) is 4.18. The molecule has 0 aliphatic heterocycles. The molecule has 0 unspecified atom stereocenters. The summed E-state index contributed by atoms with van der Waals surface area (Å²) in [5.41, 5.74) is 6.92. The molecule has 0 aromatic heterocycles. The Morgan fingerprint density at radius 3 is 2.58 bits per heavy atom. The topological polar surface area (TPSA) is 101 Å². The summed E-state index contributed by atoms with van der Waals surface area (Å²) < 4.78 is 26.6. The Labute approximate surface area is 113 Å². The van der Waals surface area contributed by atoms with E-state index in [1.54, 1.807) is 25.1 Å². The number of nitrogens with two attached hydrogens (primary N) is 1. The molecule has 4 N–H and O–H groups in total. The third-order valence-corrected chi connectivity index (χ3v) is 4.17. The van der Waals surface area contributed by atoms with Gasteiger partial charge in [-0.15, -0.1) is 0 Å². The van der Waals surface area contributed by atoms with Crippen molar-refractivity contribution in [2.24, 2.45) is 5.73 Å². The number of aryl methyl sites for hydroxylation is 1. The number of rotatable bonds is 6. The molecule has 0 bridgehead atoms. The molecule has 7 heteroatoms. The normalized spacial score (nSPS) is 11.3.